The topological polar surface area (TPSA) is 21.6 Å². The van der Waals surface area contributed by atoms with Gasteiger partial charge in [0.15, 0.2) is 6.23 Å². The average molecular weight is 221 g/mol. The van der Waals surface area contributed by atoms with Crippen molar-refractivity contribution in [3.8, 4) is 0 Å². The van der Waals surface area contributed by atoms with Gasteiger partial charge in [-0.1, -0.05) is 54.6 Å². The summed E-state index contributed by atoms with van der Waals surface area (Å²) in [5.41, 5.74) is 4.72. The summed E-state index contributed by atoms with van der Waals surface area (Å²) in [7, 11) is 0. The van der Waals surface area contributed by atoms with Gasteiger partial charge >= 0.3 is 0 Å². The van der Waals surface area contributed by atoms with E-state index < -0.39 is 0 Å². The number of fused-ring (bicyclic) bond motifs is 5. The van der Waals surface area contributed by atoms with Crippen molar-refractivity contribution in [3.63, 3.8) is 0 Å². The van der Waals surface area contributed by atoms with Crippen LogP contribution in [0.4, 0.5) is 0 Å². The Labute approximate surface area is 99.6 Å². The molecule has 82 valence electrons. The Hall–Kier alpha value is -1.93. The van der Waals surface area contributed by atoms with Crippen molar-refractivity contribution in [2.45, 2.75) is 12.3 Å². The molecule has 2 aliphatic rings. The molecule has 0 N–H and O–H groups in total. The zero-order valence-electron chi connectivity index (χ0n) is 9.21. The molecule has 0 amide bonds. The van der Waals surface area contributed by atoms with Gasteiger partial charge in [-0.3, -0.25) is 4.99 Å². The summed E-state index contributed by atoms with van der Waals surface area (Å²) in [5.74, 6) is 0. The predicted octanol–water partition coefficient (Wildman–Crippen LogP) is 3.26. The highest BCUT2D eigenvalue weighted by atomic mass is 16.5. The lowest BCUT2D eigenvalue weighted by Gasteiger charge is -2.12. The van der Waals surface area contributed by atoms with Crippen LogP contribution in [-0.2, 0) is 4.74 Å². The normalized spacial score (nSPS) is 24.6. The Morgan fingerprint density at radius 3 is 2.35 bits per heavy atom. The van der Waals surface area contributed by atoms with Gasteiger partial charge in [0.1, 0.15) is 6.10 Å². The lowest BCUT2D eigenvalue weighted by Crippen LogP contribution is -2.10. The monoisotopic (exact) mass is 221 g/mol. The molecule has 0 fully saturated rings. The van der Waals surface area contributed by atoms with Gasteiger partial charge in [-0.15, -0.1) is 0 Å². The van der Waals surface area contributed by atoms with Crippen LogP contribution in [0.15, 0.2) is 59.6 Å². The molecule has 0 radical (unpaired) electrons. The van der Waals surface area contributed by atoms with Crippen molar-refractivity contribution in [2.24, 2.45) is 4.99 Å². The minimum absolute atomic E-state index is 0.0265. The Morgan fingerprint density at radius 1 is 0.824 bits per heavy atom. The van der Waals surface area contributed by atoms with E-state index in [1.807, 2.05) is 24.3 Å². The third-order valence-corrected chi connectivity index (χ3v) is 3.38. The van der Waals surface area contributed by atoms with E-state index in [1.54, 1.807) is 0 Å². The zero-order chi connectivity index (χ0) is 11.2. The molecule has 2 heteroatoms. The summed E-state index contributed by atoms with van der Waals surface area (Å²) in [4.78, 5) is 4.66. The highest BCUT2D eigenvalue weighted by Crippen LogP contribution is 2.47. The molecule has 17 heavy (non-hydrogen) atoms. The van der Waals surface area contributed by atoms with Gasteiger partial charge < -0.3 is 4.74 Å². The molecule has 0 aromatic heterocycles. The zero-order valence-corrected chi connectivity index (χ0v) is 9.21. The van der Waals surface area contributed by atoms with Crippen molar-refractivity contribution < 1.29 is 4.74 Å². The van der Waals surface area contributed by atoms with Crippen LogP contribution in [-0.4, -0.2) is 5.71 Å². The number of benzene rings is 2. The maximum absolute atomic E-state index is 5.91. The van der Waals surface area contributed by atoms with Crippen molar-refractivity contribution in [2.75, 3.05) is 0 Å². The van der Waals surface area contributed by atoms with E-state index in [-0.39, 0.29) is 12.3 Å². The van der Waals surface area contributed by atoms with E-state index >= 15 is 0 Å². The smallest absolute Gasteiger partial charge is 0.176 e. The first kappa shape index (κ1) is 9.14. The number of rotatable bonds is 1. The Kier molecular flexibility index (Phi) is 1.76. The van der Waals surface area contributed by atoms with Crippen molar-refractivity contribution in [3.05, 3.63) is 71.3 Å². The van der Waals surface area contributed by atoms with Gasteiger partial charge in [0.05, 0.1) is 5.71 Å². The highest BCUT2D eigenvalue weighted by molar-refractivity contribution is 6.06. The minimum Gasteiger partial charge on any atom is -0.338 e. The van der Waals surface area contributed by atoms with Crippen LogP contribution < -0.4 is 0 Å². The van der Waals surface area contributed by atoms with Crippen LogP contribution in [0.3, 0.4) is 0 Å². The molecule has 2 heterocycles. The Balaban J connectivity index is 1.83. The van der Waals surface area contributed by atoms with Gasteiger partial charge in [-0.2, -0.15) is 0 Å². The van der Waals surface area contributed by atoms with Crippen molar-refractivity contribution in [1.82, 2.24) is 0 Å². The number of nitrogens with zero attached hydrogens (tertiary/aromatic N) is 1. The molecule has 2 aromatic rings. The second kappa shape index (κ2) is 3.28. The Bertz CT molecular complexity index is 603. The van der Waals surface area contributed by atoms with E-state index in [0.29, 0.717) is 0 Å². The van der Waals surface area contributed by atoms with E-state index in [2.05, 4.69) is 35.3 Å². The molecule has 2 atom stereocenters. The fraction of sp³-hybridized carbons (Fsp3) is 0.133. The summed E-state index contributed by atoms with van der Waals surface area (Å²) >= 11 is 0. The SMILES string of the molecule is c1ccc(C2=NC3OC2c2ccccc23)cc1. The lowest BCUT2D eigenvalue weighted by molar-refractivity contribution is 0.0769. The molecule has 2 bridgehead atoms. The number of aliphatic imine (C=N–C) groups is 1. The quantitative estimate of drug-likeness (QED) is 0.724. The van der Waals surface area contributed by atoms with E-state index in [1.165, 1.54) is 11.1 Å². The first-order valence-corrected chi connectivity index (χ1v) is 5.81. The minimum atomic E-state index is -0.0913. The lowest BCUT2D eigenvalue weighted by atomic mass is 9.95. The number of ether oxygens (including phenoxy) is 1. The van der Waals surface area contributed by atoms with E-state index in [9.17, 15) is 0 Å². The maximum atomic E-state index is 5.91. The first-order valence-electron chi connectivity index (χ1n) is 5.81. The second-order valence-corrected chi connectivity index (χ2v) is 4.38. The van der Waals surface area contributed by atoms with Gasteiger partial charge in [0.2, 0.25) is 0 Å². The molecule has 2 unspecified atom stereocenters. The summed E-state index contributed by atoms with van der Waals surface area (Å²) in [6, 6.07) is 18.6. The van der Waals surface area contributed by atoms with Crippen LogP contribution in [0.2, 0.25) is 0 Å². The highest BCUT2D eigenvalue weighted by Gasteiger charge is 2.40. The van der Waals surface area contributed by atoms with Crippen molar-refractivity contribution in [1.29, 1.82) is 0 Å². The third kappa shape index (κ3) is 1.22. The summed E-state index contributed by atoms with van der Waals surface area (Å²) in [6.45, 7) is 0. The number of hydrogen-bond donors (Lipinski definition) is 0. The fourth-order valence-corrected chi connectivity index (χ4v) is 2.59. The first-order chi connectivity index (χ1) is 8.43. The standard InChI is InChI=1S/C15H11NO/c1-2-6-10(7-3-1)13-14-11-8-4-5-9-12(11)15(16-13)17-14/h1-9,14-15H. The molecule has 0 saturated heterocycles. The molecule has 0 spiro atoms. The molecular formula is C15H11NO. The molecule has 0 aliphatic carbocycles. The molecule has 0 saturated carbocycles. The molecule has 2 aliphatic heterocycles. The van der Waals surface area contributed by atoms with Gasteiger partial charge in [0.25, 0.3) is 0 Å². The average Bonchev–Trinajstić information content (AvgIpc) is 2.99. The van der Waals surface area contributed by atoms with Crippen molar-refractivity contribution >= 4 is 5.71 Å². The molecular weight excluding hydrogens is 210 g/mol. The van der Waals surface area contributed by atoms with Crippen LogP contribution in [0.1, 0.15) is 29.0 Å². The van der Waals surface area contributed by atoms with Gasteiger partial charge in [-0.25, -0.2) is 0 Å². The van der Waals surface area contributed by atoms with Crippen LogP contribution in [0, 0.1) is 0 Å². The van der Waals surface area contributed by atoms with Gasteiger partial charge in [-0.05, 0) is 11.1 Å². The van der Waals surface area contributed by atoms with Crippen LogP contribution in [0.5, 0.6) is 0 Å². The maximum Gasteiger partial charge on any atom is 0.176 e. The summed E-state index contributed by atoms with van der Waals surface area (Å²) in [5, 5.41) is 0. The van der Waals surface area contributed by atoms with Crippen LogP contribution >= 0.6 is 0 Å². The molecule has 4 rings (SSSR count). The second-order valence-electron chi connectivity index (χ2n) is 4.38. The largest absolute Gasteiger partial charge is 0.338 e. The van der Waals surface area contributed by atoms with E-state index in [4.69, 9.17) is 4.74 Å². The van der Waals surface area contributed by atoms with Crippen LogP contribution in [0.25, 0.3) is 0 Å². The Morgan fingerprint density at radius 2 is 1.53 bits per heavy atom. The summed E-state index contributed by atoms with van der Waals surface area (Å²) in [6.07, 6.45) is -0.0648. The third-order valence-electron chi connectivity index (χ3n) is 3.38. The molecule has 2 aromatic carbocycles. The number of hydrogen-bond acceptors (Lipinski definition) is 2. The predicted molar refractivity (Wildman–Crippen MR) is 66.0 cm³/mol. The van der Waals surface area contributed by atoms with E-state index in [0.717, 1.165) is 11.3 Å². The van der Waals surface area contributed by atoms with Gasteiger partial charge in [0, 0.05) is 5.56 Å². The summed E-state index contributed by atoms with van der Waals surface area (Å²) < 4.78 is 5.91. The molecule has 2 nitrogen and oxygen atoms in total. The fourth-order valence-electron chi connectivity index (χ4n) is 2.59.